The molecule has 0 aromatic heterocycles. The quantitative estimate of drug-likeness (QED) is 0.782. The number of methoxy groups -OCH3 is 3. The molecular weight excluding hydrogens is 276 g/mol. The Labute approximate surface area is 131 Å². The third-order valence-electron chi connectivity index (χ3n) is 4.14. The maximum absolute atomic E-state index is 5.55. The second-order valence-electron chi connectivity index (χ2n) is 5.27. The van der Waals surface area contributed by atoms with Crippen molar-refractivity contribution in [2.45, 2.75) is 12.2 Å². The lowest BCUT2D eigenvalue weighted by Gasteiger charge is -2.25. The zero-order chi connectivity index (χ0) is 15.5. The van der Waals surface area contributed by atoms with Crippen molar-refractivity contribution in [3.05, 3.63) is 65.2 Å². The van der Waals surface area contributed by atoms with Crippen LogP contribution in [0.2, 0.25) is 0 Å². The van der Waals surface area contributed by atoms with Gasteiger partial charge in [-0.25, -0.2) is 0 Å². The fourth-order valence-electron chi connectivity index (χ4n) is 3.06. The summed E-state index contributed by atoms with van der Waals surface area (Å²) in [7, 11) is 5.04. The minimum atomic E-state index is -0.308. The van der Waals surface area contributed by atoms with Crippen molar-refractivity contribution in [3.63, 3.8) is 0 Å². The fourth-order valence-corrected chi connectivity index (χ4v) is 3.06. The molecule has 0 saturated heterocycles. The largest absolute Gasteiger partial charge is 0.497 e. The Balaban J connectivity index is 2.04. The first-order valence-electron chi connectivity index (χ1n) is 7.29. The van der Waals surface area contributed by atoms with Gasteiger partial charge in [0.2, 0.25) is 0 Å². The SMILES string of the molecule is COc1ccc(C2=Cc3ccccc3C2C(OC)OC)cc1. The van der Waals surface area contributed by atoms with E-state index in [1.807, 2.05) is 12.1 Å². The van der Waals surface area contributed by atoms with E-state index in [0.717, 1.165) is 11.3 Å². The average molecular weight is 296 g/mol. The Morgan fingerprint density at radius 1 is 0.864 bits per heavy atom. The van der Waals surface area contributed by atoms with Crippen molar-refractivity contribution in [1.82, 2.24) is 0 Å². The van der Waals surface area contributed by atoms with Gasteiger partial charge in [-0.2, -0.15) is 0 Å². The van der Waals surface area contributed by atoms with Crippen molar-refractivity contribution >= 4 is 11.6 Å². The van der Waals surface area contributed by atoms with E-state index in [1.54, 1.807) is 21.3 Å². The number of benzene rings is 2. The topological polar surface area (TPSA) is 27.7 Å². The molecule has 0 amide bonds. The summed E-state index contributed by atoms with van der Waals surface area (Å²) in [4.78, 5) is 0. The molecule has 0 aliphatic heterocycles. The van der Waals surface area contributed by atoms with Crippen LogP contribution in [-0.4, -0.2) is 27.6 Å². The first-order chi connectivity index (χ1) is 10.8. The molecule has 0 radical (unpaired) electrons. The highest BCUT2D eigenvalue weighted by Crippen LogP contribution is 2.44. The first-order valence-corrected chi connectivity index (χ1v) is 7.29. The van der Waals surface area contributed by atoms with E-state index < -0.39 is 0 Å². The molecule has 0 saturated carbocycles. The van der Waals surface area contributed by atoms with Crippen molar-refractivity contribution in [2.24, 2.45) is 0 Å². The minimum Gasteiger partial charge on any atom is -0.497 e. The molecule has 2 aromatic carbocycles. The van der Waals surface area contributed by atoms with Crippen molar-refractivity contribution in [2.75, 3.05) is 21.3 Å². The first kappa shape index (κ1) is 14.8. The van der Waals surface area contributed by atoms with Gasteiger partial charge >= 0.3 is 0 Å². The van der Waals surface area contributed by atoms with Crippen molar-refractivity contribution in [3.8, 4) is 5.75 Å². The molecule has 1 unspecified atom stereocenters. The molecule has 1 atom stereocenters. The third-order valence-corrected chi connectivity index (χ3v) is 4.14. The zero-order valence-corrected chi connectivity index (χ0v) is 13.1. The summed E-state index contributed by atoms with van der Waals surface area (Å²) >= 11 is 0. The molecule has 0 fully saturated rings. The monoisotopic (exact) mass is 296 g/mol. The molecule has 114 valence electrons. The molecule has 22 heavy (non-hydrogen) atoms. The van der Waals surface area contributed by atoms with Crippen LogP contribution in [0.4, 0.5) is 0 Å². The van der Waals surface area contributed by atoms with Gasteiger partial charge in [0.15, 0.2) is 6.29 Å². The Bertz CT molecular complexity index is 669. The predicted octanol–water partition coefficient (Wildman–Crippen LogP) is 3.95. The van der Waals surface area contributed by atoms with Crippen LogP contribution >= 0.6 is 0 Å². The third kappa shape index (κ3) is 2.54. The minimum absolute atomic E-state index is 0.0691. The lowest BCUT2D eigenvalue weighted by Crippen LogP contribution is -2.23. The normalized spacial score (nSPS) is 16.5. The van der Waals surface area contributed by atoms with Crippen LogP contribution in [0.25, 0.3) is 11.6 Å². The zero-order valence-electron chi connectivity index (χ0n) is 13.1. The van der Waals surface area contributed by atoms with E-state index in [1.165, 1.54) is 16.7 Å². The molecule has 1 aliphatic rings. The van der Waals surface area contributed by atoms with Crippen LogP contribution in [0.5, 0.6) is 5.75 Å². The molecule has 3 rings (SSSR count). The van der Waals surface area contributed by atoms with Gasteiger partial charge in [-0.1, -0.05) is 42.5 Å². The van der Waals surface area contributed by atoms with Crippen LogP contribution in [0, 0.1) is 0 Å². The van der Waals surface area contributed by atoms with E-state index >= 15 is 0 Å². The van der Waals surface area contributed by atoms with E-state index in [-0.39, 0.29) is 12.2 Å². The van der Waals surface area contributed by atoms with Crippen LogP contribution < -0.4 is 4.74 Å². The Morgan fingerprint density at radius 2 is 1.55 bits per heavy atom. The summed E-state index contributed by atoms with van der Waals surface area (Å²) in [6, 6.07) is 16.5. The van der Waals surface area contributed by atoms with Gasteiger partial charge in [0, 0.05) is 14.2 Å². The highest BCUT2D eigenvalue weighted by Gasteiger charge is 2.33. The highest BCUT2D eigenvalue weighted by atomic mass is 16.7. The lowest BCUT2D eigenvalue weighted by molar-refractivity contribution is -0.107. The van der Waals surface area contributed by atoms with Gasteiger partial charge in [-0.3, -0.25) is 0 Å². The van der Waals surface area contributed by atoms with E-state index in [2.05, 4.69) is 42.5 Å². The van der Waals surface area contributed by atoms with Crippen LogP contribution in [0.15, 0.2) is 48.5 Å². The van der Waals surface area contributed by atoms with Crippen molar-refractivity contribution < 1.29 is 14.2 Å². The number of fused-ring (bicyclic) bond motifs is 1. The highest BCUT2D eigenvalue weighted by molar-refractivity contribution is 5.91. The molecule has 0 spiro atoms. The van der Waals surface area contributed by atoms with Gasteiger partial charge in [0.1, 0.15) is 5.75 Å². The van der Waals surface area contributed by atoms with Crippen LogP contribution in [0.1, 0.15) is 22.6 Å². The Kier molecular flexibility index (Phi) is 4.27. The summed E-state index contributed by atoms with van der Waals surface area (Å²) in [6.07, 6.45) is 1.91. The standard InChI is InChI=1S/C19H20O3/c1-20-15-10-8-13(9-11-15)17-12-14-6-4-5-7-16(14)18(17)19(21-2)22-3/h4-12,18-19H,1-3H3. The second kappa shape index (κ2) is 6.34. The Hall–Kier alpha value is -2.10. The number of ether oxygens (including phenoxy) is 3. The summed E-state index contributed by atoms with van der Waals surface area (Å²) in [5.41, 5.74) is 4.82. The molecule has 0 bridgehead atoms. The predicted molar refractivity (Wildman–Crippen MR) is 87.9 cm³/mol. The summed E-state index contributed by atoms with van der Waals surface area (Å²) < 4.78 is 16.3. The van der Waals surface area contributed by atoms with Crippen LogP contribution in [0.3, 0.4) is 0 Å². The molecule has 0 N–H and O–H groups in total. The van der Waals surface area contributed by atoms with Crippen molar-refractivity contribution in [1.29, 1.82) is 0 Å². The van der Waals surface area contributed by atoms with E-state index in [4.69, 9.17) is 14.2 Å². The number of rotatable bonds is 5. The maximum Gasteiger partial charge on any atom is 0.167 e. The molecule has 1 aliphatic carbocycles. The fraction of sp³-hybridized carbons (Fsp3) is 0.263. The smallest absolute Gasteiger partial charge is 0.167 e. The maximum atomic E-state index is 5.55. The van der Waals surface area contributed by atoms with E-state index in [0.29, 0.717) is 0 Å². The number of hydrogen-bond donors (Lipinski definition) is 0. The average Bonchev–Trinajstić information content (AvgIpc) is 2.96. The lowest BCUT2D eigenvalue weighted by atomic mass is 9.90. The summed E-state index contributed by atoms with van der Waals surface area (Å²) in [5, 5.41) is 0. The molecule has 3 heteroatoms. The van der Waals surface area contributed by atoms with Crippen LogP contribution in [-0.2, 0) is 9.47 Å². The van der Waals surface area contributed by atoms with E-state index in [9.17, 15) is 0 Å². The summed E-state index contributed by atoms with van der Waals surface area (Å²) in [5.74, 6) is 0.922. The molecule has 2 aromatic rings. The molecule has 0 heterocycles. The van der Waals surface area contributed by atoms with Gasteiger partial charge in [0.25, 0.3) is 0 Å². The second-order valence-corrected chi connectivity index (χ2v) is 5.27. The Morgan fingerprint density at radius 3 is 2.18 bits per heavy atom. The van der Waals surface area contributed by atoms with Gasteiger partial charge in [0.05, 0.1) is 13.0 Å². The molecular formula is C19H20O3. The van der Waals surface area contributed by atoms with Gasteiger partial charge in [-0.15, -0.1) is 0 Å². The number of hydrogen-bond acceptors (Lipinski definition) is 3. The van der Waals surface area contributed by atoms with Gasteiger partial charge in [-0.05, 0) is 34.4 Å². The molecule has 3 nitrogen and oxygen atoms in total. The summed E-state index contributed by atoms with van der Waals surface area (Å²) in [6.45, 7) is 0. The van der Waals surface area contributed by atoms with Gasteiger partial charge < -0.3 is 14.2 Å².